The first-order valence-corrected chi connectivity index (χ1v) is 9.36. The molecule has 0 aliphatic rings. The molecule has 0 unspecified atom stereocenters. The van der Waals surface area contributed by atoms with E-state index in [0.717, 1.165) is 29.1 Å². The van der Waals surface area contributed by atoms with Gasteiger partial charge in [0.15, 0.2) is 0 Å². The monoisotopic (exact) mass is 416 g/mol. The third kappa shape index (κ3) is 5.00. The topological polar surface area (TPSA) is 59.0 Å². The number of rotatable bonds is 3. The van der Waals surface area contributed by atoms with E-state index >= 15 is 0 Å². The SMILES string of the molecule is Cc1ccc(-n2nc(C(C)(C)C)cc2NC(=O)Nc2cccc(C(F)(F)F)c2)cc1. The summed E-state index contributed by atoms with van der Waals surface area (Å²) < 4.78 is 40.3. The number of carbonyl (C=O) groups is 1. The normalized spacial score (nSPS) is 12.0. The lowest BCUT2D eigenvalue weighted by Gasteiger charge is -2.14. The van der Waals surface area contributed by atoms with Gasteiger partial charge in [0.1, 0.15) is 5.82 Å². The summed E-state index contributed by atoms with van der Waals surface area (Å²) in [5.74, 6) is 0.410. The summed E-state index contributed by atoms with van der Waals surface area (Å²) in [6.45, 7) is 7.97. The Labute approximate surface area is 172 Å². The van der Waals surface area contributed by atoms with Crippen molar-refractivity contribution < 1.29 is 18.0 Å². The molecule has 1 aromatic heterocycles. The fourth-order valence-corrected chi connectivity index (χ4v) is 2.77. The van der Waals surface area contributed by atoms with E-state index in [1.54, 1.807) is 10.7 Å². The zero-order valence-electron chi connectivity index (χ0n) is 17.1. The van der Waals surface area contributed by atoms with E-state index in [2.05, 4.69) is 15.7 Å². The van der Waals surface area contributed by atoms with Crippen LogP contribution in [0.15, 0.2) is 54.6 Å². The van der Waals surface area contributed by atoms with Gasteiger partial charge in [0.05, 0.1) is 16.9 Å². The minimum Gasteiger partial charge on any atom is -0.308 e. The first kappa shape index (κ1) is 21.4. The molecule has 0 bridgehead atoms. The third-order valence-corrected chi connectivity index (χ3v) is 4.45. The Morgan fingerprint density at radius 3 is 2.23 bits per heavy atom. The molecule has 30 heavy (non-hydrogen) atoms. The van der Waals surface area contributed by atoms with E-state index in [4.69, 9.17) is 0 Å². The van der Waals surface area contributed by atoms with Gasteiger partial charge < -0.3 is 5.32 Å². The molecule has 0 spiro atoms. The third-order valence-electron chi connectivity index (χ3n) is 4.45. The molecule has 8 heteroatoms. The number of carbonyl (C=O) groups excluding carboxylic acids is 1. The predicted octanol–water partition coefficient (Wildman–Crippen LogP) is 6.14. The number of hydrogen-bond donors (Lipinski definition) is 2. The number of benzene rings is 2. The van der Waals surface area contributed by atoms with Crippen LogP contribution in [0.25, 0.3) is 5.69 Å². The number of nitrogens with zero attached hydrogens (tertiary/aromatic N) is 2. The van der Waals surface area contributed by atoms with Gasteiger partial charge in [-0.3, -0.25) is 5.32 Å². The van der Waals surface area contributed by atoms with Crippen LogP contribution < -0.4 is 10.6 Å². The second-order valence-corrected chi connectivity index (χ2v) is 8.07. The number of urea groups is 1. The zero-order valence-corrected chi connectivity index (χ0v) is 17.1. The average Bonchev–Trinajstić information content (AvgIpc) is 3.06. The Balaban J connectivity index is 1.87. The van der Waals surface area contributed by atoms with Crippen LogP contribution in [0.3, 0.4) is 0 Å². The Bertz CT molecular complexity index is 1050. The van der Waals surface area contributed by atoms with Gasteiger partial charge in [-0.15, -0.1) is 0 Å². The fourth-order valence-electron chi connectivity index (χ4n) is 2.77. The Hall–Kier alpha value is -3.29. The summed E-state index contributed by atoms with van der Waals surface area (Å²) in [7, 11) is 0. The number of nitrogens with one attached hydrogen (secondary N) is 2. The molecule has 2 N–H and O–H groups in total. The van der Waals surface area contributed by atoms with Crippen molar-refractivity contribution >= 4 is 17.5 Å². The Morgan fingerprint density at radius 2 is 1.63 bits per heavy atom. The summed E-state index contributed by atoms with van der Waals surface area (Å²) in [5.41, 5.74) is 1.55. The first-order valence-electron chi connectivity index (χ1n) is 9.36. The smallest absolute Gasteiger partial charge is 0.308 e. The van der Waals surface area contributed by atoms with E-state index in [1.807, 2.05) is 52.0 Å². The van der Waals surface area contributed by atoms with Crippen LogP contribution >= 0.6 is 0 Å². The summed E-state index contributed by atoms with van der Waals surface area (Å²) in [6.07, 6.45) is -4.49. The van der Waals surface area contributed by atoms with Crippen LogP contribution in [0, 0.1) is 6.92 Å². The van der Waals surface area contributed by atoms with Gasteiger partial charge >= 0.3 is 12.2 Å². The van der Waals surface area contributed by atoms with Gasteiger partial charge in [-0.1, -0.05) is 44.5 Å². The summed E-state index contributed by atoms with van der Waals surface area (Å²) >= 11 is 0. The van der Waals surface area contributed by atoms with Crippen molar-refractivity contribution in [2.75, 3.05) is 10.6 Å². The largest absolute Gasteiger partial charge is 0.416 e. The fraction of sp³-hybridized carbons (Fsp3) is 0.273. The standard InChI is InChI=1S/C22H23F3N4O/c1-14-8-10-17(11-9-14)29-19(13-18(28-29)21(2,3)4)27-20(30)26-16-7-5-6-15(12-16)22(23,24)25/h5-13H,1-4H3,(H2,26,27,30). The minimum absolute atomic E-state index is 0.0415. The van der Waals surface area contributed by atoms with Crippen LogP contribution in [0.2, 0.25) is 0 Å². The molecule has 5 nitrogen and oxygen atoms in total. The number of amides is 2. The molecule has 0 saturated carbocycles. The van der Waals surface area contributed by atoms with E-state index < -0.39 is 17.8 Å². The quantitative estimate of drug-likeness (QED) is 0.539. The maximum atomic E-state index is 12.9. The molecule has 0 radical (unpaired) electrons. The molecule has 3 rings (SSSR count). The van der Waals surface area contributed by atoms with Gasteiger partial charge in [0, 0.05) is 17.2 Å². The highest BCUT2D eigenvalue weighted by Crippen LogP contribution is 2.31. The van der Waals surface area contributed by atoms with E-state index in [0.29, 0.717) is 5.82 Å². The lowest BCUT2D eigenvalue weighted by Crippen LogP contribution is -2.21. The van der Waals surface area contributed by atoms with Crippen LogP contribution in [0.4, 0.5) is 29.5 Å². The van der Waals surface area contributed by atoms with Crippen molar-refractivity contribution in [3.8, 4) is 5.69 Å². The van der Waals surface area contributed by atoms with Crippen molar-refractivity contribution in [2.24, 2.45) is 0 Å². The predicted molar refractivity (Wildman–Crippen MR) is 111 cm³/mol. The van der Waals surface area contributed by atoms with Gasteiger partial charge in [0.25, 0.3) is 0 Å². The molecule has 0 fully saturated rings. The number of aromatic nitrogens is 2. The molecule has 2 aromatic carbocycles. The molecular formula is C22H23F3N4O. The lowest BCUT2D eigenvalue weighted by atomic mass is 9.92. The Kier molecular flexibility index (Phi) is 5.61. The molecule has 1 heterocycles. The average molecular weight is 416 g/mol. The van der Waals surface area contributed by atoms with Crippen LogP contribution in [-0.4, -0.2) is 15.8 Å². The lowest BCUT2D eigenvalue weighted by molar-refractivity contribution is -0.137. The van der Waals surface area contributed by atoms with Crippen molar-refractivity contribution in [3.63, 3.8) is 0 Å². The highest BCUT2D eigenvalue weighted by molar-refractivity contribution is 5.99. The molecule has 0 aliphatic heterocycles. The van der Waals surface area contributed by atoms with Crippen molar-refractivity contribution in [3.05, 3.63) is 71.4 Å². The van der Waals surface area contributed by atoms with Gasteiger partial charge in [-0.2, -0.15) is 18.3 Å². The summed E-state index contributed by atoms with van der Waals surface area (Å²) in [5, 5.41) is 9.75. The molecule has 0 atom stereocenters. The number of anilines is 2. The van der Waals surface area contributed by atoms with E-state index in [-0.39, 0.29) is 11.1 Å². The van der Waals surface area contributed by atoms with Crippen molar-refractivity contribution in [2.45, 2.75) is 39.3 Å². The zero-order chi connectivity index (χ0) is 22.1. The van der Waals surface area contributed by atoms with Crippen molar-refractivity contribution in [1.82, 2.24) is 9.78 Å². The van der Waals surface area contributed by atoms with E-state index in [1.165, 1.54) is 12.1 Å². The van der Waals surface area contributed by atoms with Gasteiger partial charge in [0.2, 0.25) is 0 Å². The molecular weight excluding hydrogens is 393 g/mol. The van der Waals surface area contributed by atoms with Gasteiger partial charge in [-0.25, -0.2) is 9.48 Å². The number of aryl methyl sites for hydroxylation is 1. The highest BCUT2D eigenvalue weighted by atomic mass is 19.4. The maximum absolute atomic E-state index is 12.9. The first-order chi connectivity index (χ1) is 13.9. The molecule has 0 aliphatic carbocycles. The molecule has 0 saturated heterocycles. The van der Waals surface area contributed by atoms with Crippen LogP contribution in [0.5, 0.6) is 0 Å². The Morgan fingerprint density at radius 1 is 0.967 bits per heavy atom. The van der Waals surface area contributed by atoms with Gasteiger partial charge in [-0.05, 0) is 37.3 Å². The molecule has 3 aromatic rings. The highest BCUT2D eigenvalue weighted by Gasteiger charge is 2.30. The second-order valence-electron chi connectivity index (χ2n) is 8.07. The summed E-state index contributed by atoms with van der Waals surface area (Å²) in [4.78, 5) is 12.5. The molecule has 158 valence electrons. The van der Waals surface area contributed by atoms with Crippen LogP contribution in [0.1, 0.15) is 37.6 Å². The molecule has 2 amide bonds. The van der Waals surface area contributed by atoms with Crippen LogP contribution in [-0.2, 0) is 11.6 Å². The second kappa shape index (κ2) is 7.85. The minimum atomic E-state index is -4.49. The number of alkyl halides is 3. The number of halogens is 3. The van der Waals surface area contributed by atoms with E-state index in [9.17, 15) is 18.0 Å². The maximum Gasteiger partial charge on any atom is 0.416 e. The number of hydrogen-bond acceptors (Lipinski definition) is 2. The van der Waals surface area contributed by atoms with Crippen molar-refractivity contribution in [1.29, 1.82) is 0 Å². The summed E-state index contributed by atoms with van der Waals surface area (Å²) in [6, 6.07) is 13.2.